The maximum atomic E-state index is 13.2. The summed E-state index contributed by atoms with van der Waals surface area (Å²) in [5, 5.41) is 0. The number of ether oxygens (including phenoxy) is 1. The van der Waals surface area contributed by atoms with Crippen LogP contribution in [0.25, 0.3) is 11.0 Å². The van der Waals surface area contributed by atoms with Gasteiger partial charge >= 0.3 is 0 Å². The van der Waals surface area contributed by atoms with Crippen molar-refractivity contribution in [3.05, 3.63) is 36.7 Å². The van der Waals surface area contributed by atoms with E-state index in [2.05, 4.69) is 19.9 Å². The molecule has 0 unspecified atom stereocenters. The van der Waals surface area contributed by atoms with E-state index in [1.54, 1.807) is 30.3 Å². The van der Waals surface area contributed by atoms with Crippen molar-refractivity contribution >= 4 is 32.5 Å². The van der Waals surface area contributed by atoms with Crippen LogP contribution in [-0.2, 0) is 14.6 Å². The van der Waals surface area contributed by atoms with Gasteiger partial charge in [0.25, 0.3) is 0 Å². The van der Waals surface area contributed by atoms with Crippen molar-refractivity contribution in [3.63, 3.8) is 0 Å². The number of nitrogens with one attached hydrogen (secondary N) is 1. The van der Waals surface area contributed by atoms with Crippen LogP contribution in [0, 0.1) is 5.41 Å². The molecule has 0 amide bonds. The zero-order valence-electron chi connectivity index (χ0n) is 15.3. The summed E-state index contributed by atoms with van der Waals surface area (Å²) < 4.78 is 31.8. The lowest BCUT2D eigenvalue weighted by atomic mass is 9.78. The Bertz CT molecular complexity index is 1140. The number of aromatic nitrogens is 3. The van der Waals surface area contributed by atoms with Gasteiger partial charge in [0.05, 0.1) is 18.1 Å². The lowest BCUT2D eigenvalue weighted by Gasteiger charge is -2.48. The fourth-order valence-electron chi connectivity index (χ4n) is 4.23. The molecule has 146 valence electrons. The number of anilines is 2. The molecule has 3 N–H and O–H groups in total. The van der Waals surface area contributed by atoms with Crippen LogP contribution in [0.5, 0.6) is 0 Å². The van der Waals surface area contributed by atoms with Crippen LogP contribution in [0.1, 0.15) is 12.8 Å². The summed E-state index contributed by atoms with van der Waals surface area (Å²) in [4.78, 5) is 14.1. The van der Waals surface area contributed by atoms with Crippen molar-refractivity contribution in [1.82, 2.24) is 15.0 Å². The van der Waals surface area contributed by atoms with Crippen LogP contribution in [0.15, 0.2) is 46.5 Å². The highest BCUT2D eigenvalue weighted by atomic mass is 32.2. The van der Waals surface area contributed by atoms with Gasteiger partial charge in [-0.25, -0.2) is 18.4 Å². The molecule has 5 rings (SSSR count). The third-order valence-electron chi connectivity index (χ3n) is 5.65. The molecule has 0 bridgehead atoms. The molecule has 2 aromatic heterocycles. The van der Waals surface area contributed by atoms with Gasteiger partial charge in [-0.2, -0.15) is 0 Å². The van der Waals surface area contributed by atoms with E-state index in [0.29, 0.717) is 16.9 Å². The van der Waals surface area contributed by atoms with Crippen LogP contribution in [0.4, 0.5) is 11.6 Å². The van der Waals surface area contributed by atoms with Crippen LogP contribution < -0.4 is 10.6 Å². The molecular formula is C19H21N5O3S. The molecule has 9 heteroatoms. The van der Waals surface area contributed by atoms with Crippen molar-refractivity contribution in [1.29, 1.82) is 0 Å². The Morgan fingerprint density at radius 2 is 1.96 bits per heavy atom. The monoisotopic (exact) mass is 399 g/mol. The van der Waals surface area contributed by atoms with Gasteiger partial charge in [0, 0.05) is 18.5 Å². The van der Waals surface area contributed by atoms with Gasteiger partial charge in [-0.1, -0.05) is 18.2 Å². The van der Waals surface area contributed by atoms with Crippen LogP contribution in [-0.4, -0.2) is 49.7 Å². The van der Waals surface area contributed by atoms with Crippen LogP contribution in [0.2, 0.25) is 0 Å². The van der Waals surface area contributed by atoms with Gasteiger partial charge in [0.2, 0.25) is 9.84 Å². The highest BCUT2D eigenvalue weighted by Gasteiger charge is 2.43. The third kappa shape index (κ3) is 2.57. The number of aromatic amines is 1. The summed E-state index contributed by atoms with van der Waals surface area (Å²) >= 11 is 0. The quantitative estimate of drug-likeness (QED) is 0.692. The summed E-state index contributed by atoms with van der Waals surface area (Å²) in [5.74, 6) is 0.775. The largest absolute Gasteiger partial charge is 0.384 e. The second-order valence-electron chi connectivity index (χ2n) is 7.62. The Labute approximate surface area is 162 Å². The van der Waals surface area contributed by atoms with Gasteiger partial charge < -0.3 is 20.4 Å². The van der Waals surface area contributed by atoms with E-state index in [1.807, 2.05) is 0 Å². The summed E-state index contributed by atoms with van der Waals surface area (Å²) in [6, 6.07) is 8.26. The van der Waals surface area contributed by atoms with Gasteiger partial charge in [-0.15, -0.1) is 0 Å². The van der Waals surface area contributed by atoms with Gasteiger partial charge in [-0.3, -0.25) is 0 Å². The van der Waals surface area contributed by atoms with Crippen molar-refractivity contribution in [2.24, 2.45) is 5.41 Å². The molecule has 28 heavy (non-hydrogen) atoms. The first-order valence-corrected chi connectivity index (χ1v) is 10.7. The molecule has 0 atom stereocenters. The summed E-state index contributed by atoms with van der Waals surface area (Å²) in [6.45, 7) is 3.21. The third-order valence-corrected chi connectivity index (χ3v) is 7.49. The number of benzene rings is 1. The highest BCUT2D eigenvalue weighted by molar-refractivity contribution is 7.92. The van der Waals surface area contributed by atoms with Crippen LogP contribution >= 0.6 is 0 Å². The van der Waals surface area contributed by atoms with Gasteiger partial charge in [-0.05, 0) is 25.0 Å². The SMILES string of the molecule is Nc1[nH]c2c(N3CCCC4(COC4)C3)ncnc2c1S(=O)(=O)c1ccccc1. The molecule has 2 fully saturated rings. The lowest BCUT2D eigenvalue weighted by molar-refractivity contribution is -0.117. The van der Waals surface area contributed by atoms with Gasteiger partial charge in [0.15, 0.2) is 5.82 Å². The molecule has 0 saturated carbocycles. The molecule has 2 aliphatic rings. The minimum absolute atomic E-state index is 0.0102. The molecule has 1 aromatic carbocycles. The lowest BCUT2D eigenvalue weighted by Crippen LogP contribution is -2.54. The molecule has 2 saturated heterocycles. The van der Waals surface area contributed by atoms with Crippen molar-refractivity contribution < 1.29 is 13.2 Å². The molecule has 4 heterocycles. The number of nitrogens with two attached hydrogens (primary N) is 1. The smallest absolute Gasteiger partial charge is 0.212 e. The predicted octanol–water partition coefficient (Wildman–Crippen LogP) is 1.99. The van der Waals surface area contributed by atoms with E-state index < -0.39 is 9.84 Å². The Kier molecular flexibility index (Phi) is 3.85. The second-order valence-corrected chi connectivity index (χ2v) is 9.51. The minimum Gasteiger partial charge on any atom is -0.384 e. The zero-order chi connectivity index (χ0) is 19.4. The van der Waals surface area contributed by atoms with E-state index in [-0.39, 0.29) is 21.0 Å². The second kappa shape index (κ2) is 6.18. The predicted molar refractivity (Wildman–Crippen MR) is 105 cm³/mol. The van der Waals surface area contributed by atoms with Crippen molar-refractivity contribution in [3.8, 4) is 0 Å². The van der Waals surface area contributed by atoms with Crippen LogP contribution in [0.3, 0.4) is 0 Å². The minimum atomic E-state index is -3.80. The summed E-state index contributed by atoms with van der Waals surface area (Å²) in [5.41, 5.74) is 7.19. The fraction of sp³-hybridized carbons (Fsp3) is 0.368. The van der Waals surface area contributed by atoms with E-state index in [9.17, 15) is 8.42 Å². The number of rotatable bonds is 3. The summed E-state index contributed by atoms with van der Waals surface area (Å²) in [6.07, 6.45) is 3.59. The maximum absolute atomic E-state index is 13.2. The Balaban J connectivity index is 1.62. The van der Waals surface area contributed by atoms with Gasteiger partial charge in [0.1, 0.15) is 28.1 Å². The van der Waals surface area contributed by atoms with E-state index >= 15 is 0 Å². The van der Waals surface area contributed by atoms with E-state index in [1.165, 1.54) is 6.33 Å². The first-order chi connectivity index (χ1) is 13.5. The molecule has 8 nitrogen and oxygen atoms in total. The summed E-state index contributed by atoms with van der Waals surface area (Å²) in [7, 11) is -3.80. The van der Waals surface area contributed by atoms with E-state index in [4.69, 9.17) is 10.5 Å². The molecule has 0 radical (unpaired) electrons. The molecule has 0 aliphatic carbocycles. The number of H-pyrrole nitrogens is 1. The fourth-order valence-corrected chi connectivity index (χ4v) is 5.73. The van der Waals surface area contributed by atoms with Crippen molar-refractivity contribution in [2.45, 2.75) is 22.6 Å². The Morgan fingerprint density at radius 1 is 1.18 bits per heavy atom. The first-order valence-electron chi connectivity index (χ1n) is 9.25. The Morgan fingerprint density at radius 3 is 2.68 bits per heavy atom. The molecule has 2 aliphatic heterocycles. The highest BCUT2D eigenvalue weighted by Crippen LogP contribution is 2.40. The number of nitrogen functional groups attached to an aromatic ring is 1. The number of sulfone groups is 1. The number of piperidine rings is 1. The standard InChI is InChI=1S/C19H21N5O3S/c20-17-16(28(25,26)13-5-2-1-3-6-13)14-15(23-17)18(22-12-21-14)24-8-4-7-19(9-24)10-27-11-19/h1-3,5-6,12,23H,4,7-11,20H2. The molecule has 1 spiro atoms. The average molecular weight is 399 g/mol. The number of hydrogen-bond donors (Lipinski definition) is 2. The van der Waals surface area contributed by atoms with Crippen molar-refractivity contribution in [2.75, 3.05) is 36.9 Å². The Hall–Kier alpha value is -2.65. The zero-order valence-corrected chi connectivity index (χ0v) is 16.1. The number of nitrogens with zero attached hydrogens (tertiary/aromatic N) is 3. The number of hydrogen-bond acceptors (Lipinski definition) is 7. The average Bonchev–Trinajstić information content (AvgIpc) is 3.04. The topological polar surface area (TPSA) is 114 Å². The molecule has 3 aromatic rings. The molecular weight excluding hydrogens is 378 g/mol. The first kappa shape index (κ1) is 17.4. The normalized spacial score (nSPS) is 19.1. The maximum Gasteiger partial charge on any atom is 0.212 e. The number of fused-ring (bicyclic) bond motifs is 1. The van der Waals surface area contributed by atoms with E-state index in [0.717, 1.165) is 39.1 Å².